The maximum Gasteiger partial charge on any atom is 0.112 e. The van der Waals surface area contributed by atoms with Crippen LogP contribution in [0.1, 0.15) is 31.2 Å². The van der Waals surface area contributed by atoms with Crippen LogP contribution in [-0.4, -0.2) is 30.6 Å². The summed E-state index contributed by atoms with van der Waals surface area (Å²) in [4.78, 5) is 2.51. The highest BCUT2D eigenvalue weighted by atomic mass is 35.5. The molecule has 1 aromatic rings. The molecule has 1 N–H and O–H groups in total. The minimum atomic E-state index is 0.724. The Morgan fingerprint density at radius 1 is 1.26 bits per heavy atom. The van der Waals surface area contributed by atoms with Crippen molar-refractivity contribution < 1.29 is 0 Å². The van der Waals surface area contributed by atoms with Crippen LogP contribution in [0.3, 0.4) is 0 Å². The van der Waals surface area contributed by atoms with Crippen molar-refractivity contribution >= 4 is 34.5 Å². The average Bonchev–Trinajstić information content (AvgIpc) is 3.06. The molecular formula is C14H20Cl2N2S. The fraction of sp³-hybridized carbons (Fsp3) is 0.714. The molecular weight excluding hydrogens is 299 g/mol. The molecule has 1 unspecified atom stereocenters. The first-order valence-corrected chi connectivity index (χ1v) is 8.74. The fourth-order valence-corrected chi connectivity index (χ4v) is 4.57. The zero-order valence-electron chi connectivity index (χ0n) is 11.0. The number of rotatable bonds is 3. The Labute approximate surface area is 129 Å². The molecule has 2 aliphatic rings. The molecule has 2 fully saturated rings. The van der Waals surface area contributed by atoms with Crippen molar-refractivity contribution in [1.29, 1.82) is 0 Å². The van der Waals surface area contributed by atoms with E-state index in [9.17, 15) is 0 Å². The van der Waals surface area contributed by atoms with Gasteiger partial charge in [0.1, 0.15) is 4.34 Å². The van der Waals surface area contributed by atoms with Gasteiger partial charge in [0.25, 0.3) is 0 Å². The summed E-state index contributed by atoms with van der Waals surface area (Å²) in [6.45, 7) is 4.54. The van der Waals surface area contributed by atoms with Gasteiger partial charge in [0.2, 0.25) is 0 Å². The van der Waals surface area contributed by atoms with Gasteiger partial charge in [-0.15, -0.1) is 11.3 Å². The van der Waals surface area contributed by atoms with E-state index in [0.29, 0.717) is 0 Å². The lowest BCUT2D eigenvalue weighted by atomic mass is 9.88. The van der Waals surface area contributed by atoms with Crippen LogP contribution >= 0.6 is 34.5 Å². The number of thiophene rings is 1. The van der Waals surface area contributed by atoms with Crippen LogP contribution < -0.4 is 5.32 Å². The molecule has 0 saturated carbocycles. The maximum absolute atomic E-state index is 6.20. The van der Waals surface area contributed by atoms with Gasteiger partial charge in [-0.3, -0.25) is 4.90 Å². The highest BCUT2D eigenvalue weighted by Crippen LogP contribution is 2.34. The molecule has 0 aromatic carbocycles. The van der Waals surface area contributed by atoms with Crippen molar-refractivity contribution in [2.75, 3.05) is 19.6 Å². The third-order valence-corrected chi connectivity index (χ3v) is 6.36. The first-order valence-electron chi connectivity index (χ1n) is 7.11. The second-order valence-electron chi connectivity index (χ2n) is 5.67. The summed E-state index contributed by atoms with van der Waals surface area (Å²) in [5, 5.41) is 6.50. The Balaban J connectivity index is 1.51. The van der Waals surface area contributed by atoms with E-state index in [-0.39, 0.29) is 0 Å². The highest BCUT2D eigenvalue weighted by molar-refractivity contribution is 7.15. The first-order chi connectivity index (χ1) is 9.24. The predicted octanol–water partition coefficient (Wildman–Crippen LogP) is 4.02. The summed E-state index contributed by atoms with van der Waals surface area (Å²) >= 11 is 13.8. The summed E-state index contributed by atoms with van der Waals surface area (Å²) in [6.07, 6.45) is 5.35. The number of nitrogens with zero attached hydrogens (tertiary/aromatic N) is 1. The highest BCUT2D eigenvalue weighted by Gasteiger charge is 2.28. The van der Waals surface area contributed by atoms with Crippen LogP contribution in [0.5, 0.6) is 0 Å². The number of likely N-dealkylation sites (tertiary alicyclic amines) is 1. The Hall–Kier alpha value is 0.200. The van der Waals surface area contributed by atoms with Gasteiger partial charge in [-0.25, -0.2) is 0 Å². The predicted molar refractivity (Wildman–Crippen MR) is 83.4 cm³/mol. The van der Waals surface area contributed by atoms with E-state index in [1.54, 1.807) is 0 Å². The van der Waals surface area contributed by atoms with Gasteiger partial charge >= 0.3 is 0 Å². The summed E-state index contributed by atoms with van der Waals surface area (Å²) in [7, 11) is 0. The SMILES string of the molecule is Clc1scc(CN2CCC(C3CCCN3)CC2)c1Cl. The average molecular weight is 319 g/mol. The summed E-state index contributed by atoms with van der Waals surface area (Å²) in [6, 6.07) is 0.779. The summed E-state index contributed by atoms with van der Waals surface area (Å²) in [5.74, 6) is 0.875. The Morgan fingerprint density at radius 2 is 2.05 bits per heavy atom. The van der Waals surface area contributed by atoms with Gasteiger partial charge in [-0.05, 0) is 62.2 Å². The summed E-state index contributed by atoms with van der Waals surface area (Å²) < 4.78 is 0.724. The van der Waals surface area contributed by atoms with E-state index in [0.717, 1.165) is 27.9 Å². The van der Waals surface area contributed by atoms with Crippen molar-refractivity contribution in [1.82, 2.24) is 10.2 Å². The van der Waals surface area contributed by atoms with Crippen LogP contribution in [0.2, 0.25) is 9.36 Å². The van der Waals surface area contributed by atoms with Crippen molar-refractivity contribution in [3.63, 3.8) is 0 Å². The topological polar surface area (TPSA) is 15.3 Å². The molecule has 0 radical (unpaired) electrons. The molecule has 2 saturated heterocycles. The Morgan fingerprint density at radius 3 is 2.63 bits per heavy atom. The van der Waals surface area contributed by atoms with Crippen molar-refractivity contribution in [3.8, 4) is 0 Å². The minimum Gasteiger partial charge on any atom is -0.314 e. The molecule has 106 valence electrons. The third-order valence-electron chi connectivity index (χ3n) is 4.45. The van der Waals surface area contributed by atoms with Crippen molar-refractivity contribution in [2.24, 2.45) is 5.92 Å². The molecule has 0 bridgehead atoms. The molecule has 1 atom stereocenters. The fourth-order valence-electron chi connectivity index (χ4n) is 3.33. The second-order valence-corrected chi connectivity index (χ2v) is 7.52. The Kier molecular flexibility index (Phi) is 4.70. The van der Waals surface area contributed by atoms with E-state index in [1.165, 1.54) is 62.2 Å². The number of nitrogens with one attached hydrogen (secondary N) is 1. The Bertz CT molecular complexity index is 421. The van der Waals surface area contributed by atoms with Gasteiger partial charge in [-0.2, -0.15) is 0 Å². The summed E-state index contributed by atoms with van der Waals surface area (Å²) in [5.41, 5.74) is 1.19. The monoisotopic (exact) mass is 318 g/mol. The normalized spacial score (nSPS) is 26.1. The third kappa shape index (κ3) is 3.27. The van der Waals surface area contributed by atoms with E-state index in [2.05, 4.69) is 15.6 Å². The van der Waals surface area contributed by atoms with Crippen LogP contribution in [-0.2, 0) is 6.54 Å². The van der Waals surface area contributed by atoms with E-state index in [1.807, 2.05) is 0 Å². The van der Waals surface area contributed by atoms with Crippen LogP contribution in [0.4, 0.5) is 0 Å². The quantitative estimate of drug-likeness (QED) is 0.905. The molecule has 2 aliphatic heterocycles. The molecule has 2 nitrogen and oxygen atoms in total. The molecule has 3 rings (SSSR count). The van der Waals surface area contributed by atoms with Crippen molar-refractivity contribution in [2.45, 2.75) is 38.3 Å². The van der Waals surface area contributed by atoms with E-state index in [4.69, 9.17) is 23.2 Å². The van der Waals surface area contributed by atoms with Crippen LogP contribution in [0, 0.1) is 5.92 Å². The van der Waals surface area contributed by atoms with Gasteiger partial charge in [0.15, 0.2) is 0 Å². The van der Waals surface area contributed by atoms with Crippen molar-refractivity contribution in [3.05, 3.63) is 20.3 Å². The zero-order chi connectivity index (χ0) is 13.2. The number of piperidine rings is 1. The van der Waals surface area contributed by atoms with E-state index < -0.39 is 0 Å². The molecule has 3 heterocycles. The molecule has 19 heavy (non-hydrogen) atoms. The van der Waals surface area contributed by atoms with E-state index >= 15 is 0 Å². The molecule has 0 aliphatic carbocycles. The molecule has 0 spiro atoms. The number of hydrogen-bond acceptors (Lipinski definition) is 3. The lowest BCUT2D eigenvalue weighted by Gasteiger charge is -2.34. The smallest absolute Gasteiger partial charge is 0.112 e. The molecule has 0 amide bonds. The van der Waals surface area contributed by atoms with Gasteiger partial charge < -0.3 is 5.32 Å². The van der Waals surface area contributed by atoms with Crippen LogP contribution in [0.15, 0.2) is 5.38 Å². The number of hydrogen-bond donors (Lipinski definition) is 1. The van der Waals surface area contributed by atoms with Crippen LogP contribution in [0.25, 0.3) is 0 Å². The van der Waals surface area contributed by atoms with Gasteiger partial charge in [-0.1, -0.05) is 23.2 Å². The number of halogens is 2. The second kappa shape index (κ2) is 6.31. The lowest BCUT2D eigenvalue weighted by Crippen LogP contribution is -2.40. The molecule has 1 aromatic heterocycles. The minimum absolute atomic E-state index is 0.724. The largest absolute Gasteiger partial charge is 0.314 e. The van der Waals surface area contributed by atoms with Gasteiger partial charge in [0, 0.05) is 12.6 Å². The standard InChI is InChI=1S/C14H20Cl2N2S/c15-13-11(9-19-14(13)16)8-18-6-3-10(4-7-18)12-2-1-5-17-12/h9-10,12,17H,1-8H2. The lowest BCUT2D eigenvalue weighted by molar-refractivity contribution is 0.157. The van der Waals surface area contributed by atoms with Gasteiger partial charge in [0.05, 0.1) is 5.02 Å². The molecule has 5 heteroatoms. The maximum atomic E-state index is 6.20. The first kappa shape index (κ1) is 14.2. The zero-order valence-corrected chi connectivity index (χ0v) is 13.3.